The molecule has 0 unspecified atom stereocenters. The quantitative estimate of drug-likeness (QED) is 0.867. The van der Waals surface area contributed by atoms with Crippen molar-refractivity contribution in [3.8, 4) is 0 Å². The van der Waals surface area contributed by atoms with E-state index in [1.54, 1.807) is 6.92 Å². The van der Waals surface area contributed by atoms with Gasteiger partial charge in [-0.25, -0.2) is 9.78 Å². The zero-order valence-electron chi connectivity index (χ0n) is 11.6. The number of rotatable bonds is 4. The van der Waals surface area contributed by atoms with Gasteiger partial charge >= 0.3 is 5.97 Å². The Morgan fingerprint density at radius 2 is 2.10 bits per heavy atom. The maximum atomic E-state index is 10.9. The number of aryl methyl sites for hydroxylation is 1. The minimum absolute atomic E-state index is 0.176. The summed E-state index contributed by atoms with van der Waals surface area (Å²) < 4.78 is 5.90. The summed E-state index contributed by atoms with van der Waals surface area (Å²) in [5, 5.41) is 12.9. The normalized spacial score (nSPS) is 11.8. The monoisotopic (exact) mass is 313 g/mol. The summed E-state index contributed by atoms with van der Waals surface area (Å²) in [6, 6.07) is 0. The molecule has 108 valence electrons. The number of carboxylic acids is 1. The van der Waals surface area contributed by atoms with Crippen molar-refractivity contribution in [2.24, 2.45) is 0 Å². The highest BCUT2D eigenvalue weighted by atomic mass is 32.2. The van der Waals surface area contributed by atoms with Crippen LogP contribution in [0.4, 0.5) is 0 Å². The summed E-state index contributed by atoms with van der Waals surface area (Å²) in [4.78, 5) is 19.8. The molecule has 0 aromatic carbocycles. The molecule has 2 aromatic rings. The van der Waals surface area contributed by atoms with E-state index >= 15 is 0 Å². The van der Waals surface area contributed by atoms with Crippen molar-refractivity contribution < 1.29 is 14.4 Å². The van der Waals surface area contributed by atoms with Gasteiger partial charge < -0.3 is 9.63 Å². The van der Waals surface area contributed by atoms with Crippen LogP contribution in [-0.4, -0.2) is 26.2 Å². The molecule has 0 aliphatic rings. The Labute approximate surface area is 124 Å². The van der Waals surface area contributed by atoms with Crippen molar-refractivity contribution in [2.45, 2.75) is 43.2 Å². The van der Waals surface area contributed by atoms with Crippen molar-refractivity contribution in [3.63, 3.8) is 0 Å². The third kappa shape index (κ3) is 3.37. The Morgan fingerprint density at radius 3 is 2.60 bits per heavy atom. The van der Waals surface area contributed by atoms with Crippen LogP contribution in [0, 0.1) is 6.92 Å². The van der Waals surface area contributed by atoms with Crippen molar-refractivity contribution in [1.29, 1.82) is 0 Å². The number of thioether (sulfide) groups is 1. The van der Waals surface area contributed by atoms with E-state index in [4.69, 9.17) is 9.63 Å². The van der Waals surface area contributed by atoms with E-state index < -0.39 is 5.97 Å². The lowest BCUT2D eigenvalue weighted by atomic mass is 9.97. The molecule has 2 rings (SSSR count). The number of hydrogen-bond acceptors (Lipinski definition) is 7. The largest absolute Gasteiger partial charge is 0.477 e. The summed E-state index contributed by atoms with van der Waals surface area (Å²) in [7, 11) is 0. The van der Waals surface area contributed by atoms with E-state index in [1.807, 2.05) is 20.8 Å². The van der Waals surface area contributed by atoms with E-state index in [2.05, 4.69) is 15.1 Å². The molecule has 0 saturated heterocycles. The van der Waals surface area contributed by atoms with Crippen LogP contribution in [0.25, 0.3) is 0 Å². The SMILES string of the molecule is Cc1nc(SCc2noc(C(C)(C)C)n2)sc1C(=O)O. The predicted molar refractivity (Wildman–Crippen MR) is 76.4 cm³/mol. The number of aromatic nitrogens is 3. The van der Waals surface area contributed by atoms with Gasteiger partial charge in [-0.05, 0) is 6.92 Å². The van der Waals surface area contributed by atoms with Crippen LogP contribution in [0.3, 0.4) is 0 Å². The summed E-state index contributed by atoms with van der Waals surface area (Å²) in [6.07, 6.45) is 0. The summed E-state index contributed by atoms with van der Waals surface area (Å²) in [5.74, 6) is 0.742. The molecule has 1 N–H and O–H groups in total. The van der Waals surface area contributed by atoms with Gasteiger partial charge in [-0.15, -0.1) is 11.3 Å². The summed E-state index contributed by atoms with van der Waals surface area (Å²) >= 11 is 2.57. The summed E-state index contributed by atoms with van der Waals surface area (Å²) in [6.45, 7) is 7.69. The maximum Gasteiger partial charge on any atom is 0.347 e. The predicted octanol–water partition coefficient (Wildman–Crippen LogP) is 3.12. The van der Waals surface area contributed by atoms with E-state index in [1.165, 1.54) is 23.1 Å². The second kappa shape index (κ2) is 5.53. The molecule has 0 saturated carbocycles. The molecular weight excluding hydrogens is 298 g/mol. The lowest BCUT2D eigenvalue weighted by Crippen LogP contribution is -2.11. The smallest absolute Gasteiger partial charge is 0.347 e. The van der Waals surface area contributed by atoms with Crippen LogP contribution < -0.4 is 0 Å². The third-order valence-corrected chi connectivity index (χ3v) is 4.69. The Bertz CT molecular complexity index is 628. The minimum Gasteiger partial charge on any atom is -0.477 e. The molecule has 0 aliphatic heterocycles. The molecule has 20 heavy (non-hydrogen) atoms. The number of carbonyl (C=O) groups is 1. The van der Waals surface area contributed by atoms with Gasteiger partial charge in [-0.2, -0.15) is 4.98 Å². The van der Waals surface area contributed by atoms with E-state index in [0.717, 1.165) is 0 Å². The van der Waals surface area contributed by atoms with Gasteiger partial charge in [0.2, 0.25) is 5.89 Å². The van der Waals surface area contributed by atoms with Gasteiger partial charge in [0.25, 0.3) is 0 Å². The molecule has 0 bridgehead atoms. The Hall–Kier alpha value is -1.41. The topological polar surface area (TPSA) is 89.1 Å². The van der Waals surface area contributed by atoms with Crippen molar-refractivity contribution in [3.05, 3.63) is 22.3 Å². The number of nitrogens with zero attached hydrogens (tertiary/aromatic N) is 3. The minimum atomic E-state index is -0.943. The van der Waals surface area contributed by atoms with Gasteiger partial charge in [0.15, 0.2) is 10.2 Å². The molecule has 0 atom stereocenters. The molecule has 2 heterocycles. The first-order valence-electron chi connectivity index (χ1n) is 5.94. The first-order valence-corrected chi connectivity index (χ1v) is 7.74. The second-order valence-corrected chi connectivity index (χ2v) is 7.48. The maximum absolute atomic E-state index is 10.9. The Balaban J connectivity index is 2.04. The molecule has 0 aliphatic carbocycles. The fraction of sp³-hybridized carbons (Fsp3) is 0.500. The molecule has 8 heteroatoms. The Morgan fingerprint density at radius 1 is 1.40 bits per heavy atom. The number of thiazole rings is 1. The van der Waals surface area contributed by atoms with Crippen LogP contribution >= 0.6 is 23.1 Å². The lowest BCUT2D eigenvalue weighted by Gasteiger charge is -2.10. The van der Waals surface area contributed by atoms with Gasteiger partial charge in [-0.3, -0.25) is 0 Å². The molecule has 0 amide bonds. The molecule has 0 spiro atoms. The molecule has 0 radical (unpaired) electrons. The van der Waals surface area contributed by atoms with Crippen LogP contribution in [0.15, 0.2) is 8.86 Å². The van der Waals surface area contributed by atoms with Crippen molar-refractivity contribution >= 4 is 29.1 Å². The van der Waals surface area contributed by atoms with E-state index in [-0.39, 0.29) is 10.3 Å². The highest BCUT2D eigenvalue weighted by Crippen LogP contribution is 2.29. The zero-order valence-corrected chi connectivity index (χ0v) is 13.3. The standard InChI is InChI=1S/C12H15N3O3S2/c1-6-8(9(16)17)20-11(13-6)19-5-7-14-10(18-15-7)12(2,3)4/h5H2,1-4H3,(H,16,17). The lowest BCUT2D eigenvalue weighted by molar-refractivity contribution is 0.0701. The van der Waals surface area contributed by atoms with Crippen LogP contribution in [0.5, 0.6) is 0 Å². The van der Waals surface area contributed by atoms with Gasteiger partial charge in [0, 0.05) is 5.41 Å². The number of carboxylic acid groups (broad SMARTS) is 1. The average molecular weight is 313 g/mol. The van der Waals surface area contributed by atoms with Gasteiger partial charge in [0.05, 0.1) is 11.4 Å². The van der Waals surface area contributed by atoms with E-state index in [0.29, 0.717) is 27.5 Å². The van der Waals surface area contributed by atoms with Crippen molar-refractivity contribution in [2.75, 3.05) is 0 Å². The first-order chi connectivity index (χ1) is 9.27. The van der Waals surface area contributed by atoms with Crippen LogP contribution in [-0.2, 0) is 11.2 Å². The number of aromatic carboxylic acids is 1. The summed E-state index contributed by atoms with van der Waals surface area (Å²) in [5.41, 5.74) is 0.359. The number of hydrogen-bond donors (Lipinski definition) is 1. The fourth-order valence-corrected chi connectivity index (χ4v) is 3.25. The first kappa shape index (κ1) is 15.0. The van der Waals surface area contributed by atoms with Crippen LogP contribution in [0.1, 0.15) is 47.9 Å². The molecule has 6 nitrogen and oxygen atoms in total. The average Bonchev–Trinajstić information content (AvgIpc) is 2.91. The molecular formula is C12H15N3O3S2. The molecule has 0 fully saturated rings. The van der Waals surface area contributed by atoms with Crippen molar-refractivity contribution in [1.82, 2.24) is 15.1 Å². The molecule has 2 aromatic heterocycles. The van der Waals surface area contributed by atoms with E-state index in [9.17, 15) is 4.79 Å². The highest BCUT2D eigenvalue weighted by Gasteiger charge is 2.22. The highest BCUT2D eigenvalue weighted by molar-refractivity contribution is 8.00. The van der Waals surface area contributed by atoms with Gasteiger partial charge in [-0.1, -0.05) is 37.7 Å². The second-order valence-electron chi connectivity index (χ2n) is 5.25. The van der Waals surface area contributed by atoms with Crippen LogP contribution in [0.2, 0.25) is 0 Å². The zero-order chi connectivity index (χ0) is 14.9. The Kier molecular flexibility index (Phi) is 4.14. The van der Waals surface area contributed by atoms with Gasteiger partial charge in [0.1, 0.15) is 4.88 Å². The third-order valence-electron chi connectivity index (χ3n) is 2.41. The fourth-order valence-electron chi connectivity index (χ4n) is 1.38.